The lowest BCUT2D eigenvalue weighted by molar-refractivity contribution is 0.302. The molecule has 0 saturated heterocycles. The molecule has 0 unspecified atom stereocenters. The zero-order valence-corrected chi connectivity index (χ0v) is 13.9. The van der Waals surface area contributed by atoms with Crippen molar-refractivity contribution in [3.8, 4) is 5.75 Å². The molecule has 120 valence electrons. The van der Waals surface area contributed by atoms with Crippen molar-refractivity contribution in [2.45, 2.75) is 32.3 Å². The van der Waals surface area contributed by atoms with Crippen molar-refractivity contribution in [2.24, 2.45) is 0 Å². The van der Waals surface area contributed by atoms with Crippen LogP contribution in [0.2, 0.25) is 0 Å². The van der Waals surface area contributed by atoms with E-state index in [0.717, 1.165) is 31.4 Å². The lowest BCUT2D eigenvalue weighted by atomic mass is 9.96. The maximum Gasteiger partial charge on any atom is 0.123 e. The van der Waals surface area contributed by atoms with Gasteiger partial charge in [-0.3, -0.25) is 0 Å². The average Bonchev–Trinajstić information content (AvgIpc) is 2.63. The molecule has 0 N–H and O–H groups in total. The highest BCUT2D eigenvalue weighted by molar-refractivity contribution is 5.39. The van der Waals surface area contributed by atoms with Crippen LogP contribution in [0, 0.1) is 0 Å². The van der Waals surface area contributed by atoms with Gasteiger partial charge in [0, 0.05) is 0 Å². The summed E-state index contributed by atoms with van der Waals surface area (Å²) in [6, 6.07) is 26.2. The number of benzene rings is 3. The maximum atomic E-state index is 6.19. The van der Waals surface area contributed by atoms with Gasteiger partial charge >= 0.3 is 0 Å². The standard InChI is InChI=1S/C23H22O/c1-2-4-21(5-3-1)17-24-23-16-20-11-10-18-6-8-19(9-7-18)12-14-22(23)15-13-20/h1-9,13,15-16H,10-12,14,17H2. The van der Waals surface area contributed by atoms with Crippen LogP contribution < -0.4 is 4.74 Å². The van der Waals surface area contributed by atoms with Gasteiger partial charge in [0.2, 0.25) is 0 Å². The lowest BCUT2D eigenvalue weighted by Crippen LogP contribution is -2.03. The Morgan fingerprint density at radius 2 is 1.25 bits per heavy atom. The summed E-state index contributed by atoms with van der Waals surface area (Å²) in [6.45, 7) is 0.630. The molecule has 4 bridgehead atoms. The van der Waals surface area contributed by atoms with Gasteiger partial charge in [-0.05, 0) is 59.6 Å². The minimum Gasteiger partial charge on any atom is -0.489 e. The smallest absolute Gasteiger partial charge is 0.123 e. The minimum absolute atomic E-state index is 0.630. The summed E-state index contributed by atoms with van der Waals surface area (Å²) in [5.41, 5.74) is 6.68. The highest BCUT2D eigenvalue weighted by Crippen LogP contribution is 2.25. The number of hydrogen-bond donors (Lipinski definition) is 0. The van der Waals surface area contributed by atoms with E-state index in [1.165, 1.54) is 27.8 Å². The Morgan fingerprint density at radius 1 is 0.625 bits per heavy atom. The Kier molecular flexibility index (Phi) is 4.33. The van der Waals surface area contributed by atoms with E-state index >= 15 is 0 Å². The fourth-order valence-electron chi connectivity index (χ4n) is 3.27. The lowest BCUT2D eigenvalue weighted by Gasteiger charge is -2.15. The van der Waals surface area contributed by atoms with Crippen molar-refractivity contribution >= 4 is 0 Å². The topological polar surface area (TPSA) is 9.23 Å². The van der Waals surface area contributed by atoms with E-state index in [-0.39, 0.29) is 0 Å². The van der Waals surface area contributed by atoms with Gasteiger partial charge < -0.3 is 4.74 Å². The first-order valence-electron chi connectivity index (χ1n) is 8.73. The van der Waals surface area contributed by atoms with Crippen LogP contribution in [0.3, 0.4) is 0 Å². The summed E-state index contributed by atoms with van der Waals surface area (Å²) in [5, 5.41) is 0. The van der Waals surface area contributed by atoms with Gasteiger partial charge in [0.1, 0.15) is 12.4 Å². The Hall–Kier alpha value is -2.54. The third-order valence-electron chi connectivity index (χ3n) is 4.78. The Balaban J connectivity index is 1.58. The number of rotatable bonds is 3. The molecule has 3 aromatic rings. The van der Waals surface area contributed by atoms with Crippen molar-refractivity contribution in [1.82, 2.24) is 0 Å². The first-order valence-corrected chi connectivity index (χ1v) is 8.73. The maximum absolute atomic E-state index is 6.19. The summed E-state index contributed by atoms with van der Waals surface area (Å²) in [7, 11) is 0. The Labute approximate surface area is 143 Å². The summed E-state index contributed by atoms with van der Waals surface area (Å²) in [4.78, 5) is 0. The molecule has 0 aliphatic heterocycles. The number of hydrogen-bond acceptors (Lipinski definition) is 1. The Bertz CT molecular complexity index is 803. The van der Waals surface area contributed by atoms with Gasteiger partial charge in [-0.2, -0.15) is 0 Å². The summed E-state index contributed by atoms with van der Waals surface area (Å²) in [5.74, 6) is 1.05. The summed E-state index contributed by atoms with van der Waals surface area (Å²) in [6.07, 6.45) is 4.21. The van der Waals surface area contributed by atoms with Crippen LogP contribution in [0.25, 0.3) is 0 Å². The summed E-state index contributed by atoms with van der Waals surface area (Å²) < 4.78 is 6.19. The molecule has 0 radical (unpaired) electrons. The molecule has 0 fully saturated rings. The highest BCUT2D eigenvalue weighted by Gasteiger charge is 2.09. The predicted octanol–water partition coefficient (Wildman–Crippen LogP) is 5.15. The van der Waals surface area contributed by atoms with E-state index in [0.29, 0.717) is 6.61 Å². The SMILES string of the molecule is c1ccc(COc2cc3ccc2CCc2ccc(cc2)CC3)cc1. The van der Waals surface area contributed by atoms with E-state index in [9.17, 15) is 0 Å². The second kappa shape index (κ2) is 6.92. The van der Waals surface area contributed by atoms with Gasteiger partial charge in [-0.15, -0.1) is 0 Å². The van der Waals surface area contributed by atoms with Crippen molar-refractivity contribution in [3.63, 3.8) is 0 Å². The first-order chi connectivity index (χ1) is 11.9. The van der Waals surface area contributed by atoms with Crippen molar-refractivity contribution in [2.75, 3.05) is 0 Å². The van der Waals surface area contributed by atoms with Crippen LogP contribution >= 0.6 is 0 Å². The van der Waals surface area contributed by atoms with E-state index in [1.807, 2.05) is 6.07 Å². The largest absolute Gasteiger partial charge is 0.489 e. The Morgan fingerprint density at radius 3 is 2.00 bits per heavy atom. The average molecular weight is 314 g/mol. The minimum atomic E-state index is 0.630. The molecular weight excluding hydrogens is 292 g/mol. The quantitative estimate of drug-likeness (QED) is 0.649. The zero-order chi connectivity index (χ0) is 16.2. The van der Waals surface area contributed by atoms with Gasteiger partial charge in [0.15, 0.2) is 0 Å². The van der Waals surface area contributed by atoms with Gasteiger partial charge in [0.05, 0.1) is 0 Å². The molecule has 3 aromatic carbocycles. The molecule has 1 heteroatoms. The fraction of sp³-hybridized carbons (Fsp3) is 0.217. The van der Waals surface area contributed by atoms with Crippen LogP contribution in [0.4, 0.5) is 0 Å². The van der Waals surface area contributed by atoms with Crippen LogP contribution in [-0.2, 0) is 32.3 Å². The number of aryl methyl sites for hydroxylation is 4. The van der Waals surface area contributed by atoms with E-state index < -0.39 is 0 Å². The molecule has 0 amide bonds. The molecule has 0 heterocycles. The van der Waals surface area contributed by atoms with Crippen LogP contribution in [0.5, 0.6) is 5.75 Å². The fourth-order valence-corrected chi connectivity index (χ4v) is 3.27. The van der Waals surface area contributed by atoms with Crippen molar-refractivity contribution < 1.29 is 4.74 Å². The molecular formula is C23H22O. The van der Waals surface area contributed by atoms with Gasteiger partial charge in [-0.25, -0.2) is 0 Å². The van der Waals surface area contributed by atoms with Crippen LogP contribution in [0.1, 0.15) is 27.8 Å². The number of ether oxygens (including phenoxy) is 1. The third-order valence-corrected chi connectivity index (χ3v) is 4.78. The molecule has 0 aromatic heterocycles. The van der Waals surface area contributed by atoms with Crippen molar-refractivity contribution in [3.05, 3.63) is 101 Å². The van der Waals surface area contributed by atoms with E-state index in [1.54, 1.807) is 0 Å². The zero-order valence-electron chi connectivity index (χ0n) is 13.9. The van der Waals surface area contributed by atoms with Crippen molar-refractivity contribution in [1.29, 1.82) is 0 Å². The highest BCUT2D eigenvalue weighted by atomic mass is 16.5. The molecule has 1 nitrogen and oxygen atoms in total. The normalized spacial score (nSPS) is 13.3. The third kappa shape index (κ3) is 3.51. The van der Waals surface area contributed by atoms with Gasteiger partial charge in [-0.1, -0.05) is 66.7 Å². The van der Waals surface area contributed by atoms with E-state index in [2.05, 4.69) is 66.7 Å². The predicted molar refractivity (Wildman–Crippen MR) is 98.5 cm³/mol. The van der Waals surface area contributed by atoms with Crippen LogP contribution in [-0.4, -0.2) is 0 Å². The first kappa shape index (κ1) is 15.0. The second-order valence-electron chi connectivity index (χ2n) is 6.53. The monoisotopic (exact) mass is 314 g/mol. The van der Waals surface area contributed by atoms with E-state index in [4.69, 9.17) is 4.74 Å². The molecule has 4 aliphatic carbocycles. The second-order valence-corrected chi connectivity index (χ2v) is 6.53. The molecule has 0 spiro atoms. The molecule has 0 saturated carbocycles. The van der Waals surface area contributed by atoms with Gasteiger partial charge in [0.25, 0.3) is 0 Å². The van der Waals surface area contributed by atoms with Crippen LogP contribution in [0.15, 0.2) is 72.8 Å². The molecule has 24 heavy (non-hydrogen) atoms. The molecule has 0 atom stereocenters. The molecule has 7 rings (SSSR count). The summed E-state index contributed by atoms with van der Waals surface area (Å²) >= 11 is 0. The molecule has 4 aliphatic rings.